The SMILES string of the molecule is CCOc1ccc(N2C(=O)/C(=C/c3ccccc3OCC(=O)NCc3ccccc3)SC2=S)cc1. The first-order chi connectivity index (χ1) is 17.0. The van der Waals surface area contributed by atoms with E-state index in [1.807, 2.05) is 79.7 Å². The highest BCUT2D eigenvalue weighted by molar-refractivity contribution is 8.27. The Morgan fingerprint density at radius 3 is 2.46 bits per heavy atom. The summed E-state index contributed by atoms with van der Waals surface area (Å²) in [5, 5.41) is 2.84. The van der Waals surface area contributed by atoms with Crippen LogP contribution < -0.4 is 19.7 Å². The fourth-order valence-electron chi connectivity index (χ4n) is 3.41. The van der Waals surface area contributed by atoms with Crippen LogP contribution in [-0.2, 0) is 16.1 Å². The van der Waals surface area contributed by atoms with Crippen LogP contribution >= 0.6 is 24.0 Å². The van der Waals surface area contributed by atoms with Crippen LogP contribution in [0.15, 0.2) is 83.8 Å². The largest absolute Gasteiger partial charge is 0.494 e. The van der Waals surface area contributed by atoms with Crippen molar-refractivity contribution >= 4 is 51.9 Å². The molecule has 0 saturated carbocycles. The Labute approximate surface area is 213 Å². The van der Waals surface area contributed by atoms with Crippen molar-refractivity contribution < 1.29 is 19.1 Å². The Balaban J connectivity index is 1.42. The Hall–Kier alpha value is -3.62. The van der Waals surface area contributed by atoms with Gasteiger partial charge in [0, 0.05) is 12.1 Å². The quantitative estimate of drug-likeness (QED) is 0.320. The zero-order chi connectivity index (χ0) is 24.6. The number of ether oxygens (including phenoxy) is 2. The molecule has 1 heterocycles. The van der Waals surface area contributed by atoms with Gasteiger partial charge in [-0.1, -0.05) is 72.5 Å². The minimum atomic E-state index is -0.231. The van der Waals surface area contributed by atoms with E-state index in [1.54, 1.807) is 12.1 Å². The first-order valence-electron chi connectivity index (χ1n) is 11.1. The smallest absolute Gasteiger partial charge is 0.270 e. The lowest BCUT2D eigenvalue weighted by Gasteiger charge is -2.15. The van der Waals surface area contributed by atoms with Gasteiger partial charge in [0.15, 0.2) is 10.9 Å². The van der Waals surface area contributed by atoms with Gasteiger partial charge >= 0.3 is 0 Å². The lowest BCUT2D eigenvalue weighted by atomic mass is 10.2. The number of carbonyl (C=O) groups is 2. The van der Waals surface area contributed by atoms with Crippen LogP contribution in [0, 0.1) is 0 Å². The number of anilines is 1. The molecule has 1 saturated heterocycles. The molecule has 4 rings (SSSR count). The molecule has 3 aromatic carbocycles. The topological polar surface area (TPSA) is 67.9 Å². The summed E-state index contributed by atoms with van der Waals surface area (Å²) in [5.41, 5.74) is 2.38. The van der Waals surface area contributed by atoms with E-state index >= 15 is 0 Å². The summed E-state index contributed by atoms with van der Waals surface area (Å²) in [6, 6.07) is 24.2. The molecule has 1 aliphatic rings. The Morgan fingerprint density at radius 2 is 1.71 bits per heavy atom. The maximum atomic E-state index is 13.1. The number of thioether (sulfide) groups is 1. The number of hydrogen-bond donors (Lipinski definition) is 1. The number of thiocarbonyl (C=S) groups is 1. The molecular formula is C27H24N2O4S2. The number of rotatable bonds is 9. The average molecular weight is 505 g/mol. The van der Waals surface area contributed by atoms with Crippen molar-refractivity contribution in [2.45, 2.75) is 13.5 Å². The molecule has 0 unspecified atom stereocenters. The molecule has 1 aliphatic heterocycles. The van der Waals surface area contributed by atoms with Gasteiger partial charge in [0.05, 0.1) is 17.2 Å². The Bertz CT molecular complexity index is 1240. The van der Waals surface area contributed by atoms with E-state index in [2.05, 4.69) is 5.32 Å². The second-order valence-corrected chi connectivity index (χ2v) is 9.21. The first-order valence-corrected chi connectivity index (χ1v) is 12.3. The predicted octanol–water partition coefficient (Wildman–Crippen LogP) is 5.19. The summed E-state index contributed by atoms with van der Waals surface area (Å²) in [6.07, 6.45) is 1.74. The number of para-hydroxylation sites is 1. The van der Waals surface area contributed by atoms with Gasteiger partial charge in [-0.2, -0.15) is 0 Å². The zero-order valence-electron chi connectivity index (χ0n) is 19.1. The van der Waals surface area contributed by atoms with Crippen LogP contribution in [0.4, 0.5) is 5.69 Å². The van der Waals surface area contributed by atoms with Crippen LogP contribution in [0.5, 0.6) is 11.5 Å². The molecule has 6 nitrogen and oxygen atoms in total. The third-order valence-corrected chi connectivity index (χ3v) is 6.40. The molecule has 0 aromatic heterocycles. The van der Waals surface area contributed by atoms with Crippen molar-refractivity contribution in [1.29, 1.82) is 0 Å². The molecule has 1 fully saturated rings. The van der Waals surface area contributed by atoms with Gasteiger partial charge in [-0.05, 0) is 48.9 Å². The lowest BCUT2D eigenvalue weighted by molar-refractivity contribution is -0.123. The lowest BCUT2D eigenvalue weighted by Crippen LogP contribution is -2.28. The fraction of sp³-hybridized carbons (Fsp3) is 0.148. The molecular weight excluding hydrogens is 480 g/mol. The number of carbonyl (C=O) groups excluding carboxylic acids is 2. The molecule has 0 radical (unpaired) electrons. The van der Waals surface area contributed by atoms with Crippen molar-refractivity contribution in [3.63, 3.8) is 0 Å². The van der Waals surface area contributed by atoms with Gasteiger partial charge in [0.25, 0.3) is 11.8 Å². The Kier molecular flexibility index (Phi) is 8.18. The third-order valence-electron chi connectivity index (χ3n) is 5.10. The summed E-state index contributed by atoms with van der Waals surface area (Å²) < 4.78 is 11.7. The maximum Gasteiger partial charge on any atom is 0.270 e. The molecule has 8 heteroatoms. The molecule has 3 aromatic rings. The van der Waals surface area contributed by atoms with Crippen LogP contribution in [0.2, 0.25) is 0 Å². The van der Waals surface area contributed by atoms with Crippen molar-refractivity contribution in [3.05, 3.63) is 94.9 Å². The summed E-state index contributed by atoms with van der Waals surface area (Å²) in [6.45, 7) is 2.78. The fourth-order valence-corrected chi connectivity index (χ4v) is 4.70. The highest BCUT2D eigenvalue weighted by Crippen LogP contribution is 2.37. The van der Waals surface area contributed by atoms with E-state index in [0.29, 0.717) is 39.4 Å². The molecule has 1 N–H and O–H groups in total. The summed E-state index contributed by atoms with van der Waals surface area (Å²) in [5.74, 6) is 0.801. The molecule has 0 spiro atoms. The Morgan fingerprint density at radius 1 is 1.00 bits per heavy atom. The van der Waals surface area contributed by atoms with Crippen LogP contribution in [0.1, 0.15) is 18.1 Å². The number of hydrogen-bond acceptors (Lipinski definition) is 6. The van der Waals surface area contributed by atoms with E-state index in [4.69, 9.17) is 21.7 Å². The van der Waals surface area contributed by atoms with Gasteiger partial charge in [-0.15, -0.1) is 0 Å². The van der Waals surface area contributed by atoms with Gasteiger partial charge in [-0.25, -0.2) is 0 Å². The summed E-state index contributed by atoms with van der Waals surface area (Å²) in [4.78, 5) is 27.4. The van der Waals surface area contributed by atoms with Crippen molar-refractivity contribution in [1.82, 2.24) is 5.32 Å². The number of nitrogens with zero attached hydrogens (tertiary/aromatic N) is 1. The maximum absolute atomic E-state index is 13.1. The van der Waals surface area contributed by atoms with Crippen molar-refractivity contribution in [2.75, 3.05) is 18.1 Å². The standard InChI is InChI=1S/C27H24N2O4S2/c1-2-32-22-14-12-21(13-15-22)29-26(31)24(35-27(29)34)16-20-10-6-7-11-23(20)33-18-25(30)28-17-19-8-4-3-5-9-19/h3-16H,2,17-18H2,1H3,(H,28,30)/b24-16-. The number of benzene rings is 3. The molecule has 2 amide bonds. The molecule has 178 valence electrons. The van der Waals surface area contributed by atoms with E-state index in [1.165, 1.54) is 16.7 Å². The highest BCUT2D eigenvalue weighted by atomic mass is 32.2. The molecule has 0 bridgehead atoms. The van der Waals surface area contributed by atoms with Crippen molar-refractivity contribution in [2.24, 2.45) is 0 Å². The van der Waals surface area contributed by atoms with Gasteiger partial charge in [0.1, 0.15) is 11.5 Å². The van der Waals surface area contributed by atoms with Crippen LogP contribution in [0.3, 0.4) is 0 Å². The summed E-state index contributed by atoms with van der Waals surface area (Å²) in [7, 11) is 0. The molecule has 35 heavy (non-hydrogen) atoms. The summed E-state index contributed by atoms with van der Waals surface area (Å²) >= 11 is 6.70. The van der Waals surface area contributed by atoms with E-state index in [0.717, 1.165) is 11.3 Å². The van der Waals surface area contributed by atoms with E-state index < -0.39 is 0 Å². The molecule has 0 atom stereocenters. The highest BCUT2D eigenvalue weighted by Gasteiger charge is 2.33. The minimum absolute atomic E-state index is 0.134. The number of nitrogens with one attached hydrogen (secondary N) is 1. The van der Waals surface area contributed by atoms with Gasteiger partial charge in [0.2, 0.25) is 0 Å². The second kappa shape index (κ2) is 11.7. The average Bonchev–Trinajstić information content (AvgIpc) is 3.16. The van der Waals surface area contributed by atoms with Crippen molar-refractivity contribution in [3.8, 4) is 11.5 Å². The number of amides is 2. The first kappa shape index (κ1) is 24.5. The van der Waals surface area contributed by atoms with Gasteiger partial charge in [-0.3, -0.25) is 14.5 Å². The predicted molar refractivity (Wildman–Crippen MR) is 143 cm³/mol. The van der Waals surface area contributed by atoms with Crippen LogP contribution in [0.25, 0.3) is 6.08 Å². The second-order valence-electron chi connectivity index (χ2n) is 7.53. The molecule has 0 aliphatic carbocycles. The zero-order valence-corrected chi connectivity index (χ0v) is 20.7. The third kappa shape index (κ3) is 6.29. The monoisotopic (exact) mass is 504 g/mol. The normalized spacial score (nSPS) is 14.3. The van der Waals surface area contributed by atoms with E-state index in [9.17, 15) is 9.59 Å². The van der Waals surface area contributed by atoms with Crippen LogP contribution in [-0.4, -0.2) is 29.3 Å². The van der Waals surface area contributed by atoms with Gasteiger partial charge < -0.3 is 14.8 Å². The van der Waals surface area contributed by atoms with E-state index in [-0.39, 0.29) is 18.4 Å². The minimum Gasteiger partial charge on any atom is -0.494 e.